The number of nitrogens with zero attached hydrogens (tertiary/aromatic N) is 5. The van der Waals surface area contributed by atoms with E-state index >= 15 is 0 Å². The van der Waals surface area contributed by atoms with Crippen LogP contribution < -0.4 is 5.32 Å². The molecule has 1 aromatic carbocycles. The molecule has 1 fully saturated rings. The number of amides is 1. The number of benzene rings is 1. The summed E-state index contributed by atoms with van der Waals surface area (Å²) < 4.78 is 7.18. The molecule has 8 nitrogen and oxygen atoms in total. The van der Waals surface area contributed by atoms with Crippen LogP contribution in [0.2, 0.25) is 0 Å². The summed E-state index contributed by atoms with van der Waals surface area (Å²) in [5, 5.41) is 7.78. The molecule has 0 bridgehead atoms. The first-order valence-electron chi connectivity index (χ1n) is 11.9. The summed E-state index contributed by atoms with van der Waals surface area (Å²) in [5.74, 6) is 1.11. The van der Waals surface area contributed by atoms with Gasteiger partial charge in [0.15, 0.2) is 5.76 Å². The van der Waals surface area contributed by atoms with Crippen molar-refractivity contribution in [2.45, 2.75) is 31.7 Å². The van der Waals surface area contributed by atoms with E-state index in [0.29, 0.717) is 23.0 Å². The minimum absolute atomic E-state index is 0.187. The van der Waals surface area contributed by atoms with E-state index in [1.165, 1.54) is 0 Å². The molecule has 1 amide bonds. The minimum Gasteiger partial charge on any atom is -0.463 e. The summed E-state index contributed by atoms with van der Waals surface area (Å²) >= 11 is 0. The van der Waals surface area contributed by atoms with Gasteiger partial charge in [-0.3, -0.25) is 9.78 Å². The van der Waals surface area contributed by atoms with Crippen LogP contribution in [0, 0.1) is 6.92 Å². The highest BCUT2D eigenvalue weighted by atomic mass is 16.3. The van der Waals surface area contributed by atoms with Crippen molar-refractivity contribution in [3.8, 4) is 17.4 Å². The molecule has 0 saturated heterocycles. The van der Waals surface area contributed by atoms with Gasteiger partial charge in [0.1, 0.15) is 5.69 Å². The lowest BCUT2D eigenvalue weighted by molar-refractivity contribution is 0.0942. The highest BCUT2D eigenvalue weighted by Crippen LogP contribution is 2.42. The summed E-state index contributed by atoms with van der Waals surface area (Å²) in [6, 6.07) is 17.1. The van der Waals surface area contributed by atoms with E-state index in [1.807, 2.05) is 55.5 Å². The van der Waals surface area contributed by atoms with E-state index in [-0.39, 0.29) is 17.9 Å². The molecule has 6 rings (SSSR count). The summed E-state index contributed by atoms with van der Waals surface area (Å²) in [7, 11) is 0. The van der Waals surface area contributed by atoms with Gasteiger partial charge >= 0.3 is 0 Å². The molecule has 4 aromatic heterocycles. The lowest BCUT2D eigenvalue weighted by Crippen LogP contribution is -2.30. The number of pyridine rings is 1. The van der Waals surface area contributed by atoms with E-state index in [2.05, 4.69) is 25.4 Å². The second kappa shape index (κ2) is 9.22. The average Bonchev–Trinajstić information content (AvgIpc) is 3.41. The Balaban J connectivity index is 1.35. The Morgan fingerprint density at radius 1 is 1.03 bits per heavy atom. The van der Waals surface area contributed by atoms with Crippen LogP contribution in [0.25, 0.3) is 17.4 Å². The zero-order valence-corrected chi connectivity index (χ0v) is 19.7. The van der Waals surface area contributed by atoms with Gasteiger partial charge in [-0.1, -0.05) is 29.8 Å². The van der Waals surface area contributed by atoms with Crippen LogP contribution >= 0.6 is 0 Å². The third-order valence-corrected chi connectivity index (χ3v) is 6.35. The molecule has 5 aromatic rings. The minimum atomic E-state index is -0.324. The molecule has 1 N–H and O–H groups in total. The van der Waals surface area contributed by atoms with Crippen LogP contribution in [0.5, 0.6) is 0 Å². The Bertz CT molecular complexity index is 1490. The Morgan fingerprint density at radius 2 is 1.81 bits per heavy atom. The molecule has 0 aliphatic heterocycles. The number of aryl methyl sites for hydroxylation is 1. The molecular weight excluding hydrogens is 452 g/mol. The number of aromatic nitrogens is 5. The van der Waals surface area contributed by atoms with Crippen molar-refractivity contribution in [2.75, 3.05) is 0 Å². The summed E-state index contributed by atoms with van der Waals surface area (Å²) in [6.45, 7) is 2.04. The van der Waals surface area contributed by atoms with Gasteiger partial charge in [-0.15, -0.1) is 0 Å². The zero-order chi connectivity index (χ0) is 24.5. The zero-order valence-electron chi connectivity index (χ0n) is 19.7. The highest BCUT2D eigenvalue weighted by Gasteiger charge is 2.34. The fourth-order valence-corrected chi connectivity index (χ4v) is 4.34. The number of hydrogen-bond acceptors (Lipinski definition) is 6. The van der Waals surface area contributed by atoms with Gasteiger partial charge in [-0.25, -0.2) is 14.6 Å². The Hall–Kier alpha value is -4.59. The van der Waals surface area contributed by atoms with Crippen molar-refractivity contribution >= 4 is 5.91 Å². The largest absolute Gasteiger partial charge is 0.463 e. The summed E-state index contributed by atoms with van der Waals surface area (Å²) in [5.41, 5.74) is 5.14. The van der Waals surface area contributed by atoms with Crippen molar-refractivity contribution < 1.29 is 9.21 Å². The summed E-state index contributed by atoms with van der Waals surface area (Å²) in [4.78, 5) is 26.9. The number of carbonyl (C=O) groups excluding carboxylic acids is 1. The van der Waals surface area contributed by atoms with Gasteiger partial charge in [0, 0.05) is 24.5 Å². The van der Waals surface area contributed by atoms with Gasteiger partial charge in [0.05, 0.1) is 29.8 Å². The smallest absolute Gasteiger partial charge is 0.255 e. The molecular formula is C28H24N6O2. The lowest BCUT2D eigenvalue weighted by Gasteiger charge is -2.20. The molecule has 1 saturated carbocycles. The van der Waals surface area contributed by atoms with E-state index in [4.69, 9.17) is 4.42 Å². The van der Waals surface area contributed by atoms with Gasteiger partial charge in [0.25, 0.3) is 11.9 Å². The number of furan rings is 1. The maximum Gasteiger partial charge on any atom is 0.255 e. The molecule has 4 heterocycles. The number of rotatable bonds is 7. The molecule has 0 spiro atoms. The first-order chi connectivity index (χ1) is 17.7. The molecule has 8 heteroatoms. The predicted molar refractivity (Wildman–Crippen MR) is 134 cm³/mol. The fourth-order valence-electron chi connectivity index (χ4n) is 4.34. The van der Waals surface area contributed by atoms with E-state index in [9.17, 15) is 4.79 Å². The Kier molecular flexibility index (Phi) is 5.61. The van der Waals surface area contributed by atoms with Crippen LogP contribution in [-0.4, -0.2) is 30.6 Å². The van der Waals surface area contributed by atoms with Crippen molar-refractivity contribution in [2.24, 2.45) is 0 Å². The van der Waals surface area contributed by atoms with Crippen molar-refractivity contribution in [1.82, 2.24) is 30.0 Å². The van der Waals surface area contributed by atoms with Crippen LogP contribution in [0.15, 0.2) is 90.1 Å². The molecule has 178 valence electrons. The van der Waals surface area contributed by atoms with Crippen molar-refractivity contribution in [3.05, 3.63) is 114 Å². The highest BCUT2D eigenvalue weighted by molar-refractivity contribution is 5.96. The molecule has 36 heavy (non-hydrogen) atoms. The van der Waals surface area contributed by atoms with Crippen LogP contribution in [0.1, 0.15) is 57.5 Å². The van der Waals surface area contributed by atoms with E-state index < -0.39 is 0 Å². The number of hydrogen-bond donors (Lipinski definition) is 1. The molecule has 1 aliphatic rings. The lowest BCUT2D eigenvalue weighted by atomic mass is 9.98. The third kappa shape index (κ3) is 4.29. The second-order valence-corrected chi connectivity index (χ2v) is 8.95. The Labute approximate surface area is 208 Å². The molecule has 0 radical (unpaired) electrons. The quantitative estimate of drug-likeness (QED) is 0.354. The van der Waals surface area contributed by atoms with Gasteiger partial charge in [-0.05, 0) is 61.2 Å². The SMILES string of the molecule is Cc1ccc([C@H](NC(=O)c2cnn(-c3nccc(-c4ccco4)n3)c2C2CC2)c2ccncc2)cc1. The first kappa shape index (κ1) is 21.9. The third-order valence-electron chi connectivity index (χ3n) is 6.35. The van der Waals surface area contributed by atoms with Crippen molar-refractivity contribution in [1.29, 1.82) is 0 Å². The predicted octanol–water partition coefficient (Wildman–Crippen LogP) is 5.02. The van der Waals surface area contributed by atoms with E-state index in [1.54, 1.807) is 41.8 Å². The van der Waals surface area contributed by atoms with Gasteiger partial charge in [0.2, 0.25) is 0 Å². The van der Waals surface area contributed by atoms with Crippen LogP contribution in [-0.2, 0) is 0 Å². The maximum absolute atomic E-state index is 13.7. The van der Waals surface area contributed by atoms with Crippen molar-refractivity contribution in [3.63, 3.8) is 0 Å². The van der Waals surface area contributed by atoms with E-state index in [0.717, 1.165) is 35.2 Å². The molecule has 1 atom stereocenters. The topological polar surface area (TPSA) is 98.7 Å². The molecule has 0 unspecified atom stereocenters. The number of carbonyl (C=O) groups is 1. The number of nitrogens with one attached hydrogen (secondary N) is 1. The maximum atomic E-state index is 13.7. The van der Waals surface area contributed by atoms with Gasteiger partial charge in [-0.2, -0.15) is 5.10 Å². The fraction of sp³-hybridized carbons (Fsp3) is 0.179. The normalized spacial score (nSPS) is 13.9. The average molecular weight is 477 g/mol. The molecule has 1 aliphatic carbocycles. The summed E-state index contributed by atoms with van der Waals surface area (Å²) in [6.07, 6.45) is 10.4. The van der Waals surface area contributed by atoms with Gasteiger partial charge < -0.3 is 9.73 Å². The monoisotopic (exact) mass is 476 g/mol. The Morgan fingerprint density at radius 3 is 2.53 bits per heavy atom. The van der Waals surface area contributed by atoms with Crippen LogP contribution in [0.4, 0.5) is 0 Å². The van der Waals surface area contributed by atoms with Crippen LogP contribution in [0.3, 0.4) is 0 Å². The first-order valence-corrected chi connectivity index (χ1v) is 11.9. The standard InChI is InChI=1S/C28H24N6O2/c1-18-4-6-19(7-5-18)25(20-10-13-29-14-11-20)33-27(35)22-17-31-34(26(22)21-8-9-21)28-30-15-12-23(32-28)24-3-2-16-36-24/h2-7,10-17,21,25H,8-9H2,1H3,(H,33,35)/t25-/m0/s1. The second-order valence-electron chi connectivity index (χ2n) is 8.95.